The molecule has 7 nitrogen and oxygen atoms in total. The van der Waals surface area contributed by atoms with Gasteiger partial charge in [-0.1, -0.05) is 0 Å². The minimum absolute atomic E-state index is 0.123. The van der Waals surface area contributed by atoms with Gasteiger partial charge in [-0.15, -0.1) is 0 Å². The molecule has 1 heterocycles. The van der Waals surface area contributed by atoms with Gasteiger partial charge in [-0.3, -0.25) is 0 Å². The maximum absolute atomic E-state index is 11.4. The lowest BCUT2D eigenvalue weighted by molar-refractivity contribution is 0.0510. The summed E-state index contributed by atoms with van der Waals surface area (Å²) in [6, 6.07) is 0. The first-order valence-electron chi connectivity index (χ1n) is 6.26. The Hall–Kier alpha value is -2.18. The molecule has 0 aliphatic rings. The number of carbonyl (C=O) groups is 2. The predicted octanol–water partition coefficient (Wildman–Crippen LogP) is 1.68. The summed E-state index contributed by atoms with van der Waals surface area (Å²) in [7, 11) is 0. The maximum atomic E-state index is 11.4. The molecule has 0 aromatic carbocycles. The lowest BCUT2D eigenvalue weighted by atomic mass is 10.2. The van der Waals surface area contributed by atoms with Crippen LogP contribution in [0.4, 0.5) is 4.79 Å². The molecule has 110 valence electrons. The summed E-state index contributed by atoms with van der Waals surface area (Å²) in [4.78, 5) is 30.8. The minimum Gasteiger partial charge on any atom is -0.462 e. The number of carbonyl (C=O) groups excluding carboxylic acids is 2. The molecule has 0 spiro atoms. The molecular weight excluding hydrogens is 262 g/mol. The van der Waals surface area contributed by atoms with E-state index in [9.17, 15) is 9.59 Å². The van der Waals surface area contributed by atoms with Gasteiger partial charge < -0.3 is 14.8 Å². The molecule has 0 aliphatic carbocycles. The van der Waals surface area contributed by atoms with Crippen molar-refractivity contribution in [2.75, 3.05) is 6.61 Å². The van der Waals surface area contributed by atoms with Crippen molar-refractivity contribution >= 4 is 12.1 Å². The van der Waals surface area contributed by atoms with Gasteiger partial charge in [0.2, 0.25) is 0 Å². The van der Waals surface area contributed by atoms with Crippen LogP contribution in [0.15, 0.2) is 12.4 Å². The van der Waals surface area contributed by atoms with Crippen LogP contribution in [0.2, 0.25) is 0 Å². The van der Waals surface area contributed by atoms with Crippen molar-refractivity contribution in [1.82, 2.24) is 15.3 Å². The second kappa shape index (κ2) is 6.83. The van der Waals surface area contributed by atoms with Gasteiger partial charge in [-0.05, 0) is 27.7 Å². The Kier molecular flexibility index (Phi) is 5.42. The number of nitrogens with one attached hydrogen (secondary N) is 1. The van der Waals surface area contributed by atoms with Gasteiger partial charge in [0, 0.05) is 12.4 Å². The van der Waals surface area contributed by atoms with Crippen LogP contribution in [0, 0.1) is 0 Å². The van der Waals surface area contributed by atoms with E-state index in [1.165, 1.54) is 12.4 Å². The molecule has 0 fully saturated rings. The van der Waals surface area contributed by atoms with E-state index in [1.807, 2.05) is 0 Å². The van der Waals surface area contributed by atoms with E-state index in [1.54, 1.807) is 27.7 Å². The minimum atomic E-state index is -0.557. The largest absolute Gasteiger partial charge is 0.462 e. The molecule has 0 aliphatic heterocycles. The van der Waals surface area contributed by atoms with Gasteiger partial charge in [0.1, 0.15) is 11.4 Å². The van der Waals surface area contributed by atoms with Crippen LogP contribution in [0.5, 0.6) is 0 Å². The molecule has 1 rings (SSSR count). The highest BCUT2D eigenvalue weighted by molar-refractivity contribution is 5.88. The van der Waals surface area contributed by atoms with Crippen LogP contribution in [-0.4, -0.2) is 34.2 Å². The highest BCUT2D eigenvalue weighted by Crippen LogP contribution is 2.06. The van der Waals surface area contributed by atoms with Gasteiger partial charge in [0.25, 0.3) is 0 Å². The third-order valence-corrected chi connectivity index (χ3v) is 2.01. The average molecular weight is 281 g/mol. The van der Waals surface area contributed by atoms with E-state index in [0.717, 1.165) is 0 Å². The highest BCUT2D eigenvalue weighted by atomic mass is 16.6. The zero-order valence-electron chi connectivity index (χ0n) is 12.1. The van der Waals surface area contributed by atoms with Crippen molar-refractivity contribution < 1.29 is 19.1 Å². The fourth-order valence-corrected chi connectivity index (χ4v) is 1.23. The summed E-state index contributed by atoms with van der Waals surface area (Å²) in [5.41, 5.74) is -0.286. The smallest absolute Gasteiger partial charge is 0.408 e. The Morgan fingerprint density at radius 2 is 1.85 bits per heavy atom. The van der Waals surface area contributed by atoms with Gasteiger partial charge in [-0.2, -0.15) is 0 Å². The molecule has 0 atom stereocenters. The van der Waals surface area contributed by atoms with Crippen molar-refractivity contribution in [3.63, 3.8) is 0 Å². The summed E-state index contributed by atoms with van der Waals surface area (Å²) in [6.07, 6.45) is 2.17. The topological polar surface area (TPSA) is 90.4 Å². The van der Waals surface area contributed by atoms with Crippen molar-refractivity contribution in [1.29, 1.82) is 0 Å². The highest BCUT2D eigenvalue weighted by Gasteiger charge is 2.16. The van der Waals surface area contributed by atoms with E-state index in [2.05, 4.69) is 15.3 Å². The fraction of sp³-hybridized carbons (Fsp3) is 0.538. The average Bonchev–Trinajstić information content (AvgIpc) is 2.35. The predicted molar refractivity (Wildman–Crippen MR) is 71.1 cm³/mol. The number of rotatable bonds is 4. The fourth-order valence-electron chi connectivity index (χ4n) is 1.23. The van der Waals surface area contributed by atoms with E-state index in [4.69, 9.17) is 9.47 Å². The standard InChI is InChI=1S/C13H19N3O4/c1-5-19-11(17)9-6-14-10(15-7-9)8-16-12(18)20-13(2,3)4/h6-7H,5,8H2,1-4H3,(H,16,18). The molecule has 0 unspecified atom stereocenters. The molecule has 1 N–H and O–H groups in total. The molecule has 0 radical (unpaired) electrons. The monoisotopic (exact) mass is 281 g/mol. The first-order valence-corrected chi connectivity index (χ1v) is 6.26. The normalized spacial score (nSPS) is 10.8. The Morgan fingerprint density at radius 1 is 1.25 bits per heavy atom. The van der Waals surface area contributed by atoms with E-state index >= 15 is 0 Å². The van der Waals surface area contributed by atoms with E-state index in [0.29, 0.717) is 12.4 Å². The number of hydrogen-bond acceptors (Lipinski definition) is 6. The zero-order valence-corrected chi connectivity index (χ0v) is 12.1. The zero-order chi connectivity index (χ0) is 15.2. The second-order valence-corrected chi connectivity index (χ2v) is 4.96. The van der Waals surface area contributed by atoms with Crippen molar-refractivity contribution in [3.8, 4) is 0 Å². The lowest BCUT2D eigenvalue weighted by Crippen LogP contribution is -2.32. The summed E-state index contributed by atoms with van der Waals surface area (Å²) in [5, 5.41) is 2.53. The van der Waals surface area contributed by atoms with Crippen LogP contribution in [0.25, 0.3) is 0 Å². The Morgan fingerprint density at radius 3 is 2.35 bits per heavy atom. The molecule has 1 amide bonds. The summed E-state index contributed by atoms with van der Waals surface area (Å²) in [6.45, 7) is 7.46. The molecule has 1 aromatic rings. The number of aromatic nitrogens is 2. The summed E-state index contributed by atoms with van der Waals surface area (Å²) < 4.78 is 9.89. The Bertz CT molecular complexity index is 465. The summed E-state index contributed by atoms with van der Waals surface area (Å²) in [5.74, 6) is -0.0944. The molecule has 0 bridgehead atoms. The quantitative estimate of drug-likeness (QED) is 0.844. The molecule has 7 heteroatoms. The molecule has 0 saturated heterocycles. The van der Waals surface area contributed by atoms with Gasteiger partial charge >= 0.3 is 12.1 Å². The SMILES string of the molecule is CCOC(=O)c1cnc(CNC(=O)OC(C)(C)C)nc1. The maximum Gasteiger partial charge on any atom is 0.408 e. The van der Waals surface area contributed by atoms with Crippen LogP contribution in [-0.2, 0) is 16.0 Å². The van der Waals surface area contributed by atoms with Crippen molar-refractivity contribution in [2.45, 2.75) is 39.8 Å². The van der Waals surface area contributed by atoms with Gasteiger partial charge in [-0.25, -0.2) is 19.6 Å². The van der Waals surface area contributed by atoms with E-state index < -0.39 is 17.7 Å². The lowest BCUT2D eigenvalue weighted by Gasteiger charge is -2.19. The first-order chi connectivity index (χ1) is 9.31. The number of hydrogen-bond donors (Lipinski definition) is 1. The van der Waals surface area contributed by atoms with E-state index in [-0.39, 0.29) is 12.1 Å². The number of ether oxygens (including phenoxy) is 2. The Balaban J connectivity index is 2.50. The second-order valence-electron chi connectivity index (χ2n) is 4.96. The van der Waals surface area contributed by atoms with Gasteiger partial charge in [0.05, 0.1) is 18.7 Å². The Labute approximate surface area is 117 Å². The van der Waals surface area contributed by atoms with Crippen molar-refractivity contribution in [3.05, 3.63) is 23.8 Å². The van der Waals surface area contributed by atoms with Crippen LogP contribution >= 0.6 is 0 Å². The molecular formula is C13H19N3O4. The molecule has 0 saturated carbocycles. The first kappa shape index (κ1) is 15.9. The molecule has 1 aromatic heterocycles. The molecule has 20 heavy (non-hydrogen) atoms. The number of esters is 1. The third-order valence-electron chi connectivity index (χ3n) is 2.01. The van der Waals surface area contributed by atoms with Crippen LogP contribution in [0.3, 0.4) is 0 Å². The van der Waals surface area contributed by atoms with Crippen molar-refractivity contribution in [2.24, 2.45) is 0 Å². The number of alkyl carbamates (subject to hydrolysis) is 1. The summed E-state index contributed by atoms with van der Waals surface area (Å²) >= 11 is 0. The van der Waals surface area contributed by atoms with Crippen LogP contribution < -0.4 is 5.32 Å². The number of amides is 1. The van der Waals surface area contributed by atoms with Gasteiger partial charge in [0.15, 0.2) is 0 Å². The third kappa shape index (κ3) is 5.64. The van der Waals surface area contributed by atoms with Crippen LogP contribution in [0.1, 0.15) is 43.9 Å². The number of nitrogens with zero attached hydrogens (tertiary/aromatic N) is 2.